The summed E-state index contributed by atoms with van der Waals surface area (Å²) in [5.41, 5.74) is 2.77. The number of benzene rings is 1. The lowest BCUT2D eigenvalue weighted by Crippen LogP contribution is -2.05. The molecule has 112 valence electrons. The van der Waals surface area contributed by atoms with Gasteiger partial charge in [0.15, 0.2) is 0 Å². The second-order valence-electron chi connectivity index (χ2n) is 5.62. The van der Waals surface area contributed by atoms with Crippen molar-refractivity contribution in [3.63, 3.8) is 0 Å². The SMILES string of the molecule is O=C(O)Cc1csc(Cn2c(C3CC3)nc3ccccc32)n1. The Labute approximate surface area is 131 Å². The molecule has 6 heteroatoms. The largest absolute Gasteiger partial charge is 0.481 e. The molecule has 1 fully saturated rings. The number of carboxylic acid groups (broad SMARTS) is 1. The lowest BCUT2D eigenvalue weighted by Gasteiger charge is -2.06. The molecule has 22 heavy (non-hydrogen) atoms. The van der Waals surface area contributed by atoms with Crippen molar-refractivity contribution in [3.05, 3.63) is 46.2 Å². The van der Waals surface area contributed by atoms with E-state index in [1.165, 1.54) is 24.2 Å². The molecule has 4 rings (SSSR count). The number of aliphatic carboxylic acids is 1. The number of aromatic nitrogens is 3. The van der Waals surface area contributed by atoms with Crippen LogP contribution in [0.2, 0.25) is 0 Å². The van der Waals surface area contributed by atoms with E-state index in [0.717, 1.165) is 21.9 Å². The van der Waals surface area contributed by atoms with Gasteiger partial charge in [0, 0.05) is 11.3 Å². The second-order valence-corrected chi connectivity index (χ2v) is 6.56. The van der Waals surface area contributed by atoms with Crippen molar-refractivity contribution >= 4 is 28.3 Å². The van der Waals surface area contributed by atoms with Gasteiger partial charge in [-0.2, -0.15) is 0 Å². The summed E-state index contributed by atoms with van der Waals surface area (Å²) >= 11 is 1.52. The van der Waals surface area contributed by atoms with Gasteiger partial charge in [-0.25, -0.2) is 9.97 Å². The fourth-order valence-electron chi connectivity index (χ4n) is 2.71. The highest BCUT2D eigenvalue weighted by Gasteiger charge is 2.29. The van der Waals surface area contributed by atoms with Crippen LogP contribution in [-0.4, -0.2) is 25.6 Å². The molecule has 2 heterocycles. The molecule has 0 amide bonds. The fraction of sp³-hybridized carbons (Fsp3) is 0.312. The first-order valence-corrected chi connectivity index (χ1v) is 8.19. The minimum Gasteiger partial charge on any atom is -0.481 e. The predicted octanol–water partition coefficient (Wildman–Crippen LogP) is 3.05. The molecule has 0 radical (unpaired) electrons. The van der Waals surface area contributed by atoms with Crippen LogP contribution in [0.4, 0.5) is 0 Å². The van der Waals surface area contributed by atoms with E-state index in [9.17, 15) is 4.79 Å². The van der Waals surface area contributed by atoms with Crippen molar-refractivity contribution in [2.45, 2.75) is 31.7 Å². The number of imidazole rings is 1. The number of para-hydroxylation sites is 2. The zero-order chi connectivity index (χ0) is 15.1. The zero-order valence-electron chi connectivity index (χ0n) is 11.9. The van der Waals surface area contributed by atoms with Crippen molar-refractivity contribution in [2.24, 2.45) is 0 Å². The maximum Gasteiger partial charge on any atom is 0.309 e. The molecular formula is C16H15N3O2S. The number of thiazole rings is 1. The van der Waals surface area contributed by atoms with Crippen LogP contribution >= 0.6 is 11.3 Å². The van der Waals surface area contributed by atoms with Crippen LogP contribution in [-0.2, 0) is 17.8 Å². The molecule has 1 saturated carbocycles. The summed E-state index contributed by atoms with van der Waals surface area (Å²) in [7, 11) is 0. The molecule has 5 nitrogen and oxygen atoms in total. The van der Waals surface area contributed by atoms with Crippen molar-refractivity contribution in [2.75, 3.05) is 0 Å². The third-order valence-electron chi connectivity index (χ3n) is 3.85. The Morgan fingerprint density at radius 1 is 1.32 bits per heavy atom. The highest BCUT2D eigenvalue weighted by Crippen LogP contribution is 2.40. The molecule has 1 aromatic carbocycles. The van der Waals surface area contributed by atoms with Crippen molar-refractivity contribution in [3.8, 4) is 0 Å². The van der Waals surface area contributed by atoms with Crippen molar-refractivity contribution in [1.82, 2.24) is 14.5 Å². The number of hydrogen-bond acceptors (Lipinski definition) is 4. The third kappa shape index (κ3) is 2.50. The van der Waals surface area contributed by atoms with Crippen molar-refractivity contribution in [1.29, 1.82) is 0 Å². The van der Waals surface area contributed by atoms with Gasteiger partial charge in [0.25, 0.3) is 0 Å². The quantitative estimate of drug-likeness (QED) is 0.786. The van der Waals surface area contributed by atoms with E-state index in [4.69, 9.17) is 10.1 Å². The van der Waals surface area contributed by atoms with Gasteiger partial charge in [-0.1, -0.05) is 12.1 Å². The van der Waals surface area contributed by atoms with Crippen LogP contribution in [0.3, 0.4) is 0 Å². The van der Waals surface area contributed by atoms with E-state index in [1.807, 2.05) is 23.6 Å². The number of rotatable bonds is 5. The van der Waals surface area contributed by atoms with Crippen molar-refractivity contribution < 1.29 is 9.90 Å². The Bertz CT molecular complexity index is 848. The summed E-state index contributed by atoms with van der Waals surface area (Å²) in [5, 5.41) is 11.6. The Kier molecular flexibility index (Phi) is 3.18. The van der Waals surface area contributed by atoms with Crippen LogP contribution in [0.25, 0.3) is 11.0 Å². The first-order chi connectivity index (χ1) is 10.7. The Morgan fingerprint density at radius 3 is 2.91 bits per heavy atom. The number of hydrogen-bond donors (Lipinski definition) is 1. The van der Waals surface area contributed by atoms with Gasteiger partial charge in [-0.05, 0) is 25.0 Å². The second kappa shape index (κ2) is 5.21. The van der Waals surface area contributed by atoms with Gasteiger partial charge in [0.1, 0.15) is 10.8 Å². The topological polar surface area (TPSA) is 68.0 Å². The molecular weight excluding hydrogens is 298 g/mol. The number of carbonyl (C=O) groups is 1. The maximum absolute atomic E-state index is 10.8. The molecule has 0 atom stereocenters. The summed E-state index contributed by atoms with van der Waals surface area (Å²) in [5.74, 6) is 0.852. The van der Waals surface area contributed by atoms with E-state index in [-0.39, 0.29) is 6.42 Å². The average molecular weight is 313 g/mol. The van der Waals surface area contributed by atoms with Crippen LogP contribution in [0.1, 0.15) is 35.3 Å². The minimum atomic E-state index is -0.844. The average Bonchev–Trinajstić information content (AvgIpc) is 3.15. The van der Waals surface area contributed by atoms with Crippen LogP contribution in [0.5, 0.6) is 0 Å². The maximum atomic E-state index is 10.8. The third-order valence-corrected chi connectivity index (χ3v) is 4.73. The van der Waals surface area contributed by atoms with Gasteiger partial charge in [-0.15, -0.1) is 11.3 Å². The van der Waals surface area contributed by atoms with E-state index in [2.05, 4.69) is 15.6 Å². The molecule has 0 aliphatic heterocycles. The summed E-state index contributed by atoms with van der Waals surface area (Å²) in [6, 6.07) is 8.15. The molecule has 1 N–H and O–H groups in total. The van der Waals surface area contributed by atoms with E-state index >= 15 is 0 Å². The molecule has 0 spiro atoms. The highest BCUT2D eigenvalue weighted by atomic mass is 32.1. The predicted molar refractivity (Wildman–Crippen MR) is 84.3 cm³/mol. The Morgan fingerprint density at radius 2 is 2.14 bits per heavy atom. The molecule has 0 bridgehead atoms. The van der Waals surface area contributed by atoms with Gasteiger partial charge in [0.2, 0.25) is 0 Å². The van der Waals surface area contributed by atoms with Crippen LogP contribution < -0.4 is 0 Å². The highest BCUT2D eigenvalue weighted by molar-refractivity contribution is 7.09. The molecule has 2 aromatic heterocycles. The van der Waals surface area contributed by atoms with Gasteiger partial charge in [0.05, 0.1) is 29.7 Å². The fourth-order valence-corrected chi connectivity index (χ4v) is 3.49. The monoisotopic (exact) mass is 313 g/mol. The lowest BCUT2D eigenvalue weighted by atomic mass is 10.3. The molecule has 1 aliphatic carbocycles. The van der Waals surface area contributed by atoms with E-state index in [1.54, 1.807) is 0 Å². The lowest BCUT2D eigenvalue weighted by molar-refractivity contribution is -0.136. The minimum absolute atomic E-state index is 0.0172. The number of carboxylic acids is 1. The Balaban J connectivity index is 1.69. The Hall–Kier alpha value is -2.21. The molecule has 3 aromatic rings. The van der Waals surface area contributed by atoms with Gasteiger partial charge < -0.3 is 9.67 Å². The summed E-state index contributed by atoms with van der Waals surface area (Å²) in [6.07, 6.45) is 2.38. The zero-order valence-corrected chi connectivity index (χ0v) is 12.7. The van der Waals surface area contributed by atoms with Crippen LogP contribution in [0, 0.1) is 0 Å². The van der Waals surface area contributed by atoms with Gasteiger partial charge in [-0.3, -0.25) is 4.79 Å². The normalized spacial score (nSPS) is 14.5. The molecule has 1 aliphatic rings. The molecule has 0 saturated heterocycles. The smallest absolute Gasteiger partial charge is 0.309 e. The standard InChI is InChI=1S/C16H15N3O2S/c20-15(21)7-11-9-22-14(17-11)8-19-13-4-2-1-3-12(13)18-16(19)10-5-6-10/h1-4,9-10H,5-8H2,(H,20,21). The van der Waals surface area contributed by atoms with Gasteiger partial charge >= 0.3 is 5.97 Å². The molecule has 0 unspecified atom stereocenters. The number of nitrogens with zero attached hydrogens (tertiary/aromatic N) is 3. The first kappa shape index (κ1) is 13.5. The van der Waals surface area contributed by atoms with E-state index < -0.39 is 5.97 Å². The van der Waals surface area contributed by atoms with Crippen LogP contribution in [0.15, 0.2) is 29.6 Å². The van der Waals surface area contributed by atoms with E-state index in [0.29, 0.717) is 18.2 Å². The first-order valence-electron chi connectivity index (χ1n) is 7.31. The summed E-state index contributed by atoms with van der Waals surface area (Å²) in [4.78, 5) is 20.0. The summed E-state index contributed by atoms with van der Waals surface area (Å²) < 4.78 is 2.23. The number of fused-ring (bicyclic) bond motifs is 1. The summed E-state index contributed by atoms with van der Waals surface area (Å²) in [6.45, 7) is 0.663.